The van der Waals surface area contributed by atoms with Crippen LogP contribution in [-0.2, 0) is 11.3 Å². The number of aryl methyl sites for hydroxylation is 1. The number of nitrogens with zero attached hydrogens (tertiary/aromatic N) is 1. The molecule has 0 saturated carbocycles. The Morgan fingerprint density at radius 2 is 1.87 bits per heavy atom. The third kappa shape index (κ3) is 4.35. The zero-order valence-corrected chi connectivity index (χ0v) is 12.6. The molecule has 0 saturated heterocycles. The molecule has 0 unspecified atom stereocenters. The lowest BCUT2D eigenvalue weighted by Crippen LogP contribution is -2.23. The second-order valence-corrected chi connectivity index (χ2v) is 5.09. The largest absolute Gasteiger partial charge is 0.504 e. The highest BCUT2D eigenvalue weighted by atomic mass is 16.3. The fourth-order valence-electron chi connectivity index (χ4n) is 1.93. The minimum atomic E-state index is -0.499. The normalized spacial score (nSPS) is 10.9. The van der Waals surface area contributed by atoms with Gasteiger partial charge < -0.3 is 15.5 Å². The molecular formula is C18H16N2O3. The molecule has 2 aromatic carbocycles. The Balaban J connectivity index is 2.08. The van der Waals surface area contributed by atoms with E-state index in [1.165, 1.54) is 24.3 Å². The lowest BCUT2D eigenvalue weighted by Gasteiger charge is -2.05. The van der Waals surface area contributed by atoms with Crippen molar-refractivity contribution < 1.29 is 15.0 Å². The first-order valence-electron chi connectivity index (χ1n) is 6.97. The number of benzene rings is 2. The molecule has 0 spiro atoms. The van der Waals surface area contributed by atoms with E-state index in [1.54, 1.807) is 0 Å². The number of aromatic hydroxyl groups is 2. The van der Waals surface area contributed by atoms with E-state index in [1.807, 2.05) is 37.3 Å². The summed E-state index contributed by atoms with van der Waals surface area (Å²) in [4.78, 5) is 12.1. The van der Waals surface area contributed by atoms with Gasteiger partial charge in [-0.3, -0.25) is 4.79 Å². The first kappa shape index (κ1) is 16.1. The number of phenols is 2. The van der Waals surface area contributed by atoms with Gasteiger partial charge in [0.2, 0.25) is 0 Å². The quantitative estimate of drug-likeness (QED) is 0.460. The number of rotatable bonds is 4. The van der Waals surface area contributed by atoms with Crippen molar-refractivity contribution in [3.05, 3.63) is 64.7 Å². The van der Waals surface area contributed by atoms with Crippen LogP contribution in [0, 0.1) is 18.3 Å². The van der Waals surface area contributed by atoms with E-state index in [2.05, 4.69) is 5.32 Å². The maximum Gasteiger partial charge on any atom is 0.262 e. The second kappa shape index (κ2) is 7.14. The lowest BCUT2D eigenvalue weighted by molar-refractivity contribution is -0.117. The number of hydrogen-bond acceptors (Lipinski definition) is 4. The van der Waals surface area contributed by atoms with Gasteiger partial charge in [-0.05, 0) is 36.3 Å². The summed E-state index contributed by atoms with van der Waals surface area (Å²) in [5.74, 6) is -1.07. The van der Waals surface area contributed by atoms with Gasteiger partial charge in [0.15, 0.2) is 11.5 Å². The van der Waals surface area contributed by atoms with E-state index in [9.17, 15) is 15.0 Å². The lowest BCUT2D eigenvalue weighted by atomic mass is 10.1. The molecule has 0 radical (unpaired) electrons. The number of amides is 1. The molecule has 0 atom stereocenters. The average Bonchev–Trinajstić information content (AvgIpc) is 2.55. The fraction of sp³-hybridized carbons (Fsp3) is 0.111. The molecule has 0 aliphatic rings. The number of carbonyl (C=O) groups is 1. The second-order valence-electron chi connectivity index (χ2n) is 5.09. The summed E-state index contributed by atoms with van der Waals surface area (Å²) in [7, 11) is 0. The van der Waals surface area contributed by atoms with Crippen molar-refractivity contribution in [1.82, 2.24) is 5.32 Å². The summed E-state index contributed by atoms with van der Waals surface area (Å²) in [6, 6.07) is 13.6. The van der Waals surface area contributed by atoms with Crippen LogP contribution in [0.4, 0.5) is 0 Å². The first-order chi connectivity index (χ1) is 11.0. The van der Waals surface area contributed by atoms with Crippen LogP contribution < -0.4 is 5.32 Å². The Morgan fingerprint density at radius 3 is 2.48 bits per heavy atom. The minimum Gasteiger partial charge on any atom is -0.504 e. The maximum atomic E-state index is 12.1. The number of nitrogens with one attached hydrogen (secondary N) is 1. The van der Waals surface area contributed by atoms with Gasteiger partial charge in [0.25, 0.3) is 5.91 Å². The zero-order chi connectivity index (χ0) is 16.8. The highest BCUT2D eigenvalue weighted by Gasteiger charge is 2.09. The van der Waals surface area contributed by atoms with Crippen molar-refractivity contribution in [1.29, 1.82) is 5.26 Å². The Hall–Kier alpha value is -3.26. The summed E-state index contributed by atoms with van der Waals surface area (Å²) in [5.41, 5.74) is 2.43. The smallest absolute Gasteiger partial charge is 0.262 e. The van der Waals surface area contributed by atoms with Crippen molar-refractivity contribution in [2.45, 2.75) is 13.5 Å². The van der Waals surface area contributed by atoms with Crippen molar-refractivity contribution in [2.75, 3.05) is 0 Å². The number of hydrogen-bond donors (Lipinski definition) is 3. The summed E-state index contributed by atoms with van der Waals surface area (Å²) in [6.07, 6.45) is 1.35. The summed E-state index contributed by atoms with van der Waals surface area (Å²) in [5, 5.41) is 30.5. The molecule has 2 aromatic rings. The van der Waals surface area contributed by atoms with Crippen LogP contribution in [0.5, 0.6) is 11.5 Å². The van der Waals surface area contributed by atoms with E-state index in [0.29, 0.717) is 12.1 Å². The SMILES string of the molecule is Cc1ccc(CNC(=O)/C(C#N)=C/c2ccc(O)c(O)c2)cc1. The molecule has 5 nitrogen and oxygen atoms in total. The average molecular weight is 308 g/mol. The Kier molecular flexibility index (Phi) is 5.00. The Labute approximate surface area is 134 Å². The van der Waals surface area contributed by atoms with Crippen LogP contribution in [0.1, 0.15) is 16.7 Å². The van der Waals surface area contributed by atoms with Gasteiger partial charge >= 0.3 is 0 Å². The van der Waals surface area contributed by atoms with Crippen LogP contribution in [-0.4, -0.2) is 16.1 Å². The molecule has 3 N–H and O–H groups in total. The van der Waals surface area contributed by atoms with Crippen LogP contribution in [0.2, 0.25) is 0 Å². The van der Waals surface area contributed by atoms with Gasteiger partial charge in [0.1, 0.15) is 11.6 Å². The molecule has 5 heteroatoms. The molecule has 0 fully saturated rings. The van der Waals surface area contributed by atoms with Crippen molar-refractivity contribution in [3.63, 3.8) is 0 Å². The van der Waals surface area contributed by atoms with E-state index in [4.69, 9.17) is 5.26 Å². The molecular weight excluding hydrogens is 292 g/mol. The molecule has 0 aromatic heterocycles. The minimum absolute atomic E-state index is 0.0813. The fourth-order valence-corrected chi connectivity index (χ4v) is 1.93. The molecule has 0 aliphatic carbocycles. The van der Waals surface area contributed by atoms with Crippen LogP contribution in [0.15, 0.2) is 48.0 Å². The van der Waals surface area contributed by atoms with E-state index in [0.717, 1.165) is 11.1 Å². The maximum absolute atomic E-state index is 12.1. The van der Waals surface area contributed by atoms with E-state index < -0.39 is 5.91 Å². The van der Waals surface area contributed by atoms with Crippen molar-refractivity contribution in [3.8, 4) is 17.6 Å². The van der Waals surface area contributed by atoms with E-state index in [-0.39, 0.29) is 17.1 Å². The molecule has 2 rings (SSSR count). The van der Waals surface area contributed by atoms with Gasteiger partial charge in [0.05, 0.1) is 0 Å². The highest BCUT2D eigenvalue weighted by Crippen LogP contribution is 2.25. The topological polar surface area (TPSA) is 93.4 Å². The molecule has 23 heavy (non-hydrogen) atoms. The van der Waals surface area contributed by atoms with Gasteiger partial charge in [-0.2, -0.15) is 5.26 Å². The van der Waals surface area contributed by atoms with Gasteiger partial charge in [0, 0.05) is 6.54 Å². The van der Waals surface area contributed by atoms with E-state index >= 15 is 0 Å². The summed E-state index contributed by atoms with van der Waals surface area (Å²) in [6.45, 7) is 2.30. The molecule has 0 heterocycles. The molecule has 0 aliphatic heterocycles. The number of carbonyl (C=O) groups excluding carboxylic acids is 1. The monoisotopic (exact) mass is 308 g/mol. The third-order valence-corrected chi connectivity index (χ3v) is 3.25. The van der Waals surface area contributed by atoms with Gasteiger partial charge in [-0.1, -0.05) is 35.9 Å². The van der Waals surface area contributed by atoms with Crippen LogP contribution >= 0.6 is 0 Å². The third-order valence-electron chi connectivity index (χ3n) is 3.25. The standard InChI is InChI=1S/C18H16N2O3/c1-12-2-4-13(5-3-12)11-20-18(23)15(10-19)8-14-6-7-16(21)17(22)9-14/h2-9,21-22H,11H2,1H3,(H,20,23)/b15-8+. The van der Waals surface area contributed by atoms with Crippen molar-refractivity contribution in [2.24, 2.45) is 0 Å². The highest BCUT2D eigenvalue weighted by molar-refractivity contribution is 6.01. The summed E-state index contributed by atoms with van der Waals surface area (Å²) >= 11 is 0. The zero-order valence-electron chi connectivity index (χ0n) is 12.6. The van der Waals surface area contributed by atoms with Gasteiger partial charge in [-0.15, -0.1) is 0 Å². The van der Waals surface area contributed by atoms with Crippen LogP contribution in [0.3, 0.4) is 0 Å². The molecule has 1 amide bonds. The number of nitriles is 1. The van der Waals surface area contributed by atoms with Crippen LogP contribution in [0.25, 0.3) is 6.08 Å². The Morgan fingerprint density at radius 1 is 1.17 bits per heavy atom. The van der Waals surface area contributed by atoms with Gasteiger partial charge in [-0.25, -0.2) is 0 Å². The number of phenolic OH excluding ortho intramolecular Hbond substituents is 2. The van der Waals surface area contributed by atoms with Crippen molar-refractivity contribution >= 4 is 12.0 Å². The predicted octanol–water partition coefficient (Wildman–Crippen LogP) is 2.63. The summed E-state index contributed by atoms with van der Waals surface area (Å²) < 4.78 is 0. The molecule has 116 valence electrons. The predicted molar refractivity (Wildman–Crippen MR) is 86.4 cm³/mol. The first-order valence-corrected chi connectivity index (χ1v) is 6.97. The molecule has 0 bridgehead atoms. The Bertz CT molecular complexity index is 787.